The smallest absolute Gasteiger partial charge is 0.338 e. The van der Waals surface area contributed by atoms with E-state index in [0.29, 0.717) is 16.7 Å². The molecule has 1 aromatic carbocycles. The fourth-order valence-corrected chi connectivity index (χ4v) is 1.20. The highest BCUT2D eigenvalue weighted by Gasteiger charge is 2.08. The Balaban J connectivity index is 2.23. The topological polar surface area (TPSA) is 72.6 Å². The first kappa shape index (κ1) is 9.67. The predicted molar refractivity (Wildman–Crippen MR) is 51.4 cm³/mol. The van der Waals surface area contributed by atoms with Gasteiger partial charge in [0.2, 0.25) is 0 Å². The number of aromatic nitrogens is 1. The zero-order valence-corrected chi connectivity index (χ0v) is 7.84. The van der Waals surface area contributed by atoms with Crippen LogP contribution in [0, 0.1) is 0 Å². The molecule has 15 heavy (non-hydrogen) atoms. The van der Waals surface area contributed by atoms with Gasteiger partial charge in [0.25, 0.3) is 0 Å². The van der Waals surface area contributed by atoms with Crippen molar-refractivity contribution < 1.29 is 19.1 Å². The summed E-state index contributed by atoms with van der Waals surface area (Å²) in [5, 5.41) is 8.50. The highest BCUT2D eigenvalue weighted by Crippen LogP contribution is 2.14. The molecule has 5 heteroatoms. The number of aliphatic hydroxyl groups excluding tert-OH is 1. The molecule has 5 nitrogen and oxygen atoms in total. The van der Waals surface area contributed by atoms with Gasteiger partial charge in [0.15, 0.2) is 12.0 Å². The van der Waals surface area contributed by atoms with Crippen LogP contribution in [0.15, 0.2) is 29.0 Å². The number of hydrogen-bond donors (Lipinski definition) is 1. The number of carbonyl (C=O) groups excluding carboxylic acids is 1. The van der Waals surface area contributed by atoms with Crippen LogP contribution in [-0.2, 0) is 4.74 Å². The SMILES string of the molecule is O=C(OCCO)c1ccc2ncoc2c1. The van der Waals surface area contributed by atoms with Crippen LogP contribution in [-0.4, -0.2) is 29.3 Å². The molecule has 0 bridgehead atoms. The molecule has 1 aromatic heterocycles. The molecule has 0 aliphatic rings. The summed E-state index contributed by atoms with van der Waals surface area (Å²) in [6.07, 6.45) is 1.31. The third-order valence-corrected chi connectivity index (χ3v) is 1.89. The normalized spacial score (nSPS) is 10.5. The van der Waals surface area contributed by atoms with Gasteiger partial charge in [-0.2, -0.15) is 0 Å². The zero-order chi connectivity index (χ0) is 10.7. The summed E-state index contributed by atoms with van der Waals surface area (Å²) in [5.74, 6) is -0.484. The second-order valence-electron chi connectivity index (χ2n) is 2.89. The summed E-state index contributed by atoms with van der Waals surface area (Å²) in [6, 6.07) is 4.83. The summed E-state index contributed by atoms with van der Waals surface area (Å²) >= 11 is 0. The van der Waals surface area contributed by atoms with Crippen LogP contribution in [0.3, 0.4) is 0 Å². The van der Waals surface area contributed by atoms with Gasteiger partial charge in [-0.3, -0.25) is 0 Å². The highest BCUT2D eigenvalue weighted by atomic mass is 16.5. The van der Waals surface area contributed by atoms with E-state index in [2.05, 4.69) is 4.98 Å². The standard InChI is InChI=1S/C10H9NO4/c12-3-4-14-10(13)7-1-2-8-9(5-7)15-6-11-8/h1-2,5-6,12H,3-4H2. The molecule has 0 spiro atoms. The van der Waals surface area contributed by atoms with Crippen molar-refractivity contribution >= 4 is 17.1 Å². The van der Waals surface area contributed by atoms with Crippen LogP contribution >= 0.6 is 0 Å². The largest absolute Gasteiger partial charge is 0.460 e. The molecule has 0 saturated carbocycles. The van der Waals surface area contributed by atoms with E-state index in [0.717, 1.165) is 0 Å². The first-order valence-electron chi connectivity index (χ1n) is 4.42. The van der Waals surface area contributed by atoms with E-state index in [4.69, 9.17) is 14.3 Å². The summed E-state index contributed by atoms with van der Waals surface area (Å²) in [6.45, 7) is -0.191. The molecule has 2 aromatic rings. The average molecular weight is 207 g/mol. The minimum atomic E-state index is -0.484. The second kappa shape index (κ2) is 4.10. The predicted octanol–water partition coefficient (Wildman–Crippen LogP) is 0.977. The number of nitrogens with zero attached hydrogens (tertiary/aromatic N) is 1. The minimum absolute atomic E-state index is 0.00667. The maximum atomic E-state index is 11.4. The first-order valence-corrected chi connectivity index (χ1v) is 4.42. The van der Waals surface area contributed by atoms with Crippen LogP contribution < -0.4 is 0 Å². The molecule has 0 amide bonds. The lowest BCUT2D eigenvalue weighted by atomic mass is 10.2. The number of rotatable bonds is 3. The maximum absolute atomic E-state index is 11.4. The van der Waals surface area contributed by atoms with Crippen molar-refractivity contribution in [3.8, 4) is 0 Å². The van der Waals surface area contributed by atoms with E-state index in [1.54, 1.807) is 18.2 Å². The molecule has 0 saturated heterocycles. The van der Waals surface area contributed by atoms with Gasteiger partial charge in [0, 0.05) is 0 Å². The molecule has 78 valence electrons. The Morgan fingerprint density at radius 3 is 3.20 bits per heavy atom. The van der Waals surface area contributed by atoms with Crippen molar-refractivity contribution in [2.45, 2.75) is 0 Å². The summed E-state index contributed by atoms with van der Waals surface area (Å²) < 4.78 is 9.80. The van der Waals surface area contributed by atoms with E-state index in [1.165, 1.54) is 6.39 Å². The summed E-state index contributed by atoms with van der Waals surface area (Å²) in [5.41, 5.74) is 1.61. The molecule has 0 aliphatic carbocycles. The Morgan fingerprint density at radius 1 is 1.53 bits per heavy atom. The van der Waals surface area contributed by atoms with Gasteiger partial charge < -0.3 is 14.3 Å². The van der Waals surface area contributed by atoms with Gasteiger partial charge in [-0.1, -0.05) is 0 Å². The number of esters is 1. The van der Waals surface area contributed by atoms with Crippen molar-refractivity contribution in [1.29, 1.82) is 0 Å². The third kappa shape index (κ3) is 1.97. The molecule has 1 N–H and O–H groups in total. The Kier molecular flexibility index (Phi) is 2.64. The molecule has 0 unspecified atom stereocenters. The lowest BCUT2D eigenvalue weighted by Gasteiger charge is -2.01. The molecule has 0 atom stereocenters. The molecule has 0 radical (unpaired) electrons. The number of benzene rings is 1. The maximum Gasteiger partial charge on any atom is 0.338 e. The lowest BCUT2D eigenvalue weighted by molar-refractivity contribution is 0.0434. The van der Waals surface area contributed by atoms with Crippen LogP contribution in [0.2, 0.25) is 0 Å². The summed E-state index contributed by atoms with van der Waals surface area (Å²) in [4.78, 5) is 15.3. The van der Waals surface area contributed by atoms with E-state index < -0.39 is 5.97 Å². The van der Waals surface area contributed by atoms with Gasteiger partial charge in [-0.25, -0.2) is 9.78 Å². The molecular weight excluding hydrogens is 198 g/mol. The van der Waals surface area contributed by atoms with Crippen molar-refractivity contribution in [2.24, 2.45) is 0 Å². The van der Waals surface area contributed by atoms with Crippen molar-refractivity contribution in [1.82, 2.24) is 4.98 Å². The third-order valence-electron chi connectivity index (χ3n) is 1.89. The van der Waals surface area contributed by atoms with E-state index >= 15 is 0 Å². The number of aliphatic hydroxyl groups is 1. The molecule has 2 rings (SSSR count). The Morgan fingerprint density at radius 2 is 2.40 bits per heavy atom. The quantitative estimate of drug-likeness (QED) is 0.759. The Labute approximate surface area is 85.3 Å². The van der Waals surface area contributed by atoms with Crippen molar-refractivity contribution in [2.75, 3.05) is 13.2 Å². The van der Waals surface area contributed by atoms with Gasteiger partial charge in [0.1, 0.15) is 12.1 Å². The molecule has 0 aliphatic heterocycles. The fraction of sp³-hybridized carbons (Fsp3) is 0.200. The zero-order valence-electron chi connectivity index (χ0n) is 7.84. The number of hydrogen-bond acceptors (Lipinski definition) is 5. The van der Waals surface area contributed by atoms with Gasteiger partial charge in [0.05, 0.1) is 12.2 Å². The van der Waals surface area contributed by atoms with Crippen LogP contribution in [0.25, 0.3) is 11.1 Å². The van der Waals surface area contributed by atoms with Crippen LogP contribution in [0.1, 0.15) is 10.4 Å². The fourth-order valence-electron chi connectivity index (χ4n) is 1.20. The van der Waals surface area contributed by atoms with Crippen LogP contribution in [0.4, 0.5) is 0 Å². The van der Waals surface area contributed by atoms with E-state index in [-0.39, 0.29) is 13.2 Å². The number of fused-ring (bicyclic) bond motifs is 1. The van der Waals surface area contributed by atoms with Crippen LogP contribution in [0.5, 0.6) is 0 Å². The Hall–Kier alpha value is -1.88. The monoisotopic (exact) mass is 207 g/mol. The van der Waals surface area contributed by atoms with Gasteiger partial charge in [-0.05, 0) is 18.2 Å². The summed E-state index contributed by atoms with van der Waals surface area (Å²) in [7, 11) is 0. The lowest BCUT2D eigenvalue weighted by Crippen LogP contribution is -2.08. The van der Waals surface area contributed by atoms with E-state index in [9.17, 15) is 4.79 Å². The Bertz CT molecular complexity index is 477. The molecule has 1 heterocycles. The second-order valence-corrected chi connectivity index (χ2v) is 2.89. The van der Waals surface area contributed by atoms with Gasteiger partial charge >= 0.3 is 5.97 Å². The number of oxazole rings is 1. The molecular formula is C10H9NO4. The minimum Gasteiger partial charge on any atom is -0.460 e. The highest BCUT2D eigenvalue weighted by molar-refractivity contribution is 5.93. The van der Waals surface area contributed by atoms with E-state index in [1.807, 2.05) is 0 Å². The average Bonchev–Trinajstić information content (AvgIpc) is 2.72. The number of ether oxygens (including phenoxy) is 1. The van der Waals surface area contributed by atoms with Crippen molar-refractivity contribution in [3.05, 3.63) is 30.2 Å². The first-order chi connectivity index (χ1) is 7.31. The molecule has 0 fully saturated rings. The number of carbonyl (C=O) groups is 1. The van der Waals surface area contributed by atoms with Crippen molar-refractivity contribution in [3.63, 3.8) is 0 Å². The van der Waals surface area contributed by atoms with Gasteiger partial charge in [-0.15, -0.1) is 0 Å².